The quantitative estimate of drug-likeness (QED) is 0.277. The Morgan fingerprint density at radius 3 is 2.19 bits per heavy atom. The zero-order valence-corrected chi connectivity index (χ0v) is 19.0. The van der Waals surface area contributed by atoms with Gasteiger partial charge in [0, 0.05) is 5.69 Å². The van der Waals surface area contributed by atoms with E-state index < -0.39 is 16.0 Å². The van der Waals surface area contributed by atoms with E-state index in [0.717, 1.165) is 5.56 Å². The lowest BCUT2D eigenvalue weighted by atomic mass is 10.1. The monoisotopic (exact) mass is 486 g/mol. The van der Waals surface area contributed by atoms with Crippen LogP contribution < -0.4 is 9.50 Å². The first-order chi connectivity index (χ1) is 15.2. The van der Waals surface area contributed by atoms with Gasteiger partial charge in [0.15, 0.2) is 5.75 Å². The number of nitrogens with one attached hydrogen (secondary N) is 1. The minimum Gasteiger partial charge on any atom is -0.376 e. The molecule has 0 saturated carbocycles. The number of rotatable bonds is 6. The van der Waals surface area contributed by atoms with Crippen LogP contribution in [0.5, 0.6) is 5.75 Å². The van der Waals surface area contributed by atoms with Crippen LogP contribution in [-0.2, 0) is 14.9 Å². The molecule has 3 aromatic rings. The average Bonchev–Trinajstić information content (AvgIpc) is 2.75. The first-order valence-electron chi connectivity index (χ1n) is 9.18. The minimum absolute atomic E-state index is 0.0523. The number of benzene rings is 3. The third kappa shape index (κ3) is 5.68. The topological polar surface area (TPSA) is 96.3 Å². The standard InChI is InChI=1S/C23H16Cl2N2O4S/c1-15-7-9-19(10-8-15)32(29,30)31-22-20(24)12-16(13-21(22)25)11-17(14-26)23(28)27-18-5-3-2-4-6-18/h2-13H,1H3,(H,27,28)/b17-11+. The SMILES string of the molecule is Cc1ccc(S(=O)(=O)Oc2c(Cl)cc(/C=C(\C#N)C(=O)Nc3ccccc3)cc2Cl)cc1. The molecule has 9 heteroatoms. The van der Waals surface area contributed by atoms with Crippen molar-refractivity contribution in [2.75, 3.05) is 5.32 Å². The summed E-state index contributed by atoms with van der Waals surface area (Å²) >= 11 is 12.4. The van der Waals surface area contributed by atoms with Crippen molar-refractivity contribution >= 4 is 51.0 Å². The van der Waals surface area contributed by atoms with Crippen molar-refractivity contribution in [2.24, 2.45) is 0 Å². The highest BCUT2D eigenvalue weighted by molar-refractivity contribution is 7.87. The lowest BCUT2D eigenvalue weighted by Crippen LogP contribution is -2.13. The van der Waals surface area contributed by atoms with E-state index in [-0.39, 0.29) is 26.3 Å². The summed E-state index contributed by atoms with van der Waals surface area (Å²) in [5.74, 6) is -0.869. The van der Waals surface area contributed by atoms with E-state index in [9.17, 15) is 18.5 Å². The van der Waals surface area contributed by atoms with Crippen LogP contribution in [0, 0.1) is 18.3 Å². The summed E-state index contributed by atoms with van der Waals surface area (Å²) in [6, 6.07) is 19.3. The molecule has 1 amide bonds. The summed E-state index contributed by atoms with van der Waals surface area (Å²) in [7, 11) is -4.16. The largest absolute Gasteiger partial charge is 0.376 e. The Bertz CT molecular complexity index is 1310. The van der Waals surface area contributed by atoms with Crippen molar-refractivity contribution in [3.05, 3.63) is 93.5 Å². The molecule has 0 aliphatic carbocycles. The third-order valence-corrected chi connectivity index (χ3v) is 6.03. The number of nitriles is 1. The molecule has 6 nitrogen and oxygen atoms in total. The highest BCUT2D eigenvalue weighted by atomic mass is 35.5. The van der Waals surface area contributed by atoms with Crippen molar-refractivity contribution in [2.45, 2.75) is 11.8 Å². The Morgan fingerprint density at radius 1 is 1.03 bits per heavy atom. The van der Waals surface area contributed by atoms with Gasteiger partial charge in [-0.15, -0.1) is 0 Å². The summed E-state index contributed by atoms with van der Waals surface area (Å²) in [5, 5.41) is 11.8. The molecule has 3 aromatic carbocycles. The molecule has 0 saturated heterocycles. The summed E-state index contributed by atoms with van der Waals surface area (Å²) in [6.45, 7) is 1.83. The summed E-state index contributed by atoms with van der Waals surface area (Å²) in [4.78, 5) is 12.3. The van der Waals surface area contributed by atoms with E-state index in [0.29, 0.717) is 11.3 Å². The molecule has 32 heavy (non-hydrogen) atoms. The predicted octanol–water partition coefficient (Wildman–Crippen LogP) is 5.62. The van der Waals surface area contributed by atoms with Crippen molar-refractivity contribution in [3.63, 3.8) is 0 Å². The average molecular weight is 487 g/mol. The van der Waals surface area contributed by atoms with E-state index >= 15 is 0 Å². The fourth-order valence-corrected chi connectivity index (χ4v) is 4.28. The zero-order valence-electron chi connectivity index (χ0n) is 16.7. The number of hydrogen-bond donors (Lipinski definition) is 1. The molecule has 1 N–H and O–H groups in total. The van der Waals surface area contributed by atoms with Crippen LogP contribution >= 0.6 is 23.2 Å². The first-order valence-corrected chi connectivity index (χ1v) is 11.3. The van der Waals surface area contributed by atoms with Crippen LogP contribution in [0.2, 0.25) is 10.0 Å². The molecule has 0 aromatic heterocycles. The van der Waals surface area contributed by atoms with Crippen LogP contribution in [0.1, 0.15) is 11.1 Å². The molecule has 3 rings (SSSR count). The zero-order chi connectivity index (χ0) is 23.3. The van der Waals surface area contributed by atoms with Crippen molar-refractivity contribution < 1.29 is 17.4 Å². The minimum atomic E-state index is -4.16. The molecule has 162 valence electrons. The molecule has 0 fully saturated rings. The Morgan fingerprint density at radius 2 is 1.62 bits per heavy atom. The first kappa shape index (κ1) is 23.4. The van der Waals surface area contributed by atoms with Gasteiger partial charge in [0.05, 0.1) is 10.0 Å². The second-order valence-electron chi connectivity index (χ2n) is 6.65. The smallest absolute Gasteiger partial charge is 0.339 e. The fourth-order valence-electron chi connectivity index (χ4n) is 2.64. The van der Waals surface area contributed by atoms with Crippen LogP contribution in [0.4, 0.5) is 5.69 Å². The maximum absolute atomic E-state index is 12.5. The maximum atomic E-state index is 12.5. The molecule has 0 atom stereocenters. The van der Waals surface area contributed by atoms with E-state index in [2.05, 4.69) is 5.32 Å². The number of halogens is 2. The number of para-hydroxylation sites is 1. The van der Waals surface area contributed by atoms with E-state index in [1.807, 2.05) is 13.0 Å². The fraction of sp³-hybridized carbons (Fsp3) is 0.0435. The van der Waals surface area contributed by atoms with Crippen LogP contribution in [0.3, 0.4) is 0 Å². The molecule has 0 bridgehead atoms. The van der Waals surface area contributed by atoms with Gasteiger partial charge in [-0.1, -0.05) is 59.1 Å². The molecule has 0 radical (unpaired) electrons. The Labute approximate surface area is 195 Å². The van der Waals surface area contributed by atoms with Gasteiger partial charge in [0.25, 0.3) is 5.91 Å². The van der Waals surface area contributed by atoms with Crippen LogP contribution in [0.15, 0.2) is 77.2 Å². The van der Waals surface area contributed by atoms with E-state index in [4.69, 9.17) is 27.4 Å². The number of nitrogens with zero attached hydrogens (tertiary/aromatic N) is 1. The Balaban J connectivity index is 1.86. The van der Waals surface area contributed by atoms with Crippen LogP contribution in [-0.4, -0.2) is 14.3 Å². The van der Waals surface area contributed by atoms with Crippen molar-refractivity contribution in [1.29, 1.82) is 5.26 Å². The number of amides is 1. The summed E-state index contributed by atoms with van der Waals surface area (Å²) in [5.41, 5.74) is 1.54. The lowest BCUT2D eigenvalue weighted by molar-refractivity contribution is -0.112. The van der Waals surface area contributed by atoms with E-state index in [1.165, 1.54) is 30.3 Å². The van der Waals surface area contributed by atoms with Gasteiger partial charge in [-0.25, -0.2) is 0 Å². The second-order valence-corrected chi connectivity index (χ2v) is 9.01. The van der Waals surface area contributed by atoms with Gasteiger partial charge in [0.1, 0.15) is 16.5 Å². The van der Waals surface area contributed by atoms with Gasteiger partial charge < -0.3 is 9.50 Å². The van der Waals surface area contributed by atoms with Crippen LogP contribution in [0.25, 0.3) is 6.08 Å². The third-order valence-electron chi connectivity index (χ3n) is 4.23. The van der Waals surface area contributed by atoms with Gasteiger partial charge in [-0.3, -0.25) is 4.79 Å². The number of hydrogen-bond acceptors (Lipinski definition) is 5. The number of carbonyl (C=O) groups excluding carboxylic acids is 1. The van der Waals surface area contributed by atoms with Gasteiger partial charge in [0.2, 0.25) is 0 Å². The lowest BCUT2D eigenvalue weighted by Gasteiger charge is -2.11. The Hall–Kier alpha value is -3.31. The molecule has 0 spiro atoms. The molecule has 0 aliphatic heterocycles. The molecule has 0 aliphatic rings. The summed E-state index contributed by atoms with van der Waals surface area (Å²) in [6.07, 6.45) is 1.29. The van der Waals surface area contributed by atoms with E-state index in [1.54, 1.807) is 42.5 Å². The van der Waals surface area contributed by atoms with Gasteiger partial charge >= 0.3 is 10.1 Å². The second kappa shape index (κ2) is 9.88. The van der Waals surface area contributed by atoms with Gasteiger partial charge in [-0.05, 0) is 55.0 Å². The highest BCUT2D eigenvalue weighted by Crippen LogP contribution is 2.36. The molecule has 0 heterocycles. The number of aryl methyl sites for hydroxylation is 1. The maximum Gasteiger partial charge on any atom is 0.339 e. The number of anilines is 1. The highest BCUT2D eigenvalue weighted by Gasteiger charge is 2.21. The summed E-state index contributed by atoms with van der Waals surface area (Å²) < 4.78 is 30.2. The molecule has 0 unspecified atom stereocenters. The van der Waals surface area contributed by atoms with Gasteiger partial charge in [-0.2, -0.15) is 13.7 Å². The number of carbonyl (C=O) groups is 1. The van der Waals surface area contributed by atoms with Crippen molar-refractivity contribution in [3.8, 4) is 11.8 Å². The van der Waals surface area contributed by atoms with Crippen molar-refractivity contribution in [1.82, 2.24) is 0 Å². The predicted molar refractivity (Wildman–Crippen MR) is 124 cm³/mol. The Kier molecular flexibility index (Phi) is 7.21. The molecular weight excluding hydrogens is 471 g/mol. The normalized spacial score (nSPS) is 11.5. The molecular formula is C23H16Cl2N2O4S.